The van der Waals surface area contributed by atoms with Crippen LogP contribution in [0.3, 0.4) is 0 Å². The third-order valence-electron chi connectivity index (χ3n) is 2.92. The number of hydrogen-bond acceptors (Lipinski definition) is 6. The maximum Gasteiger partial charge on any atom is 0.153 e. The van der Waals surface area contributed by atoms with Crippen LogP contribution in [0.15, 0.2) is 54.2 Å². The van der Waals surface area contributed by atoms with Gasteiger partial charge in [0.1, 0.15) is 16.2 Å². The number of aromatic nitrogens is 8. The van der Waals surface area contributed by atoms with E-state index in [1.165, 1.54) is 0 Å². The van der Waals surface area contributed by atoms with Gasteiger partial charge >= 0.3 is 0 Å². The first-order valence-corrected chi connectivity index (χ1v) is 7.91. The Morgan fingerprint density at radius 3 is 2.08 bits per heavy atom. The fourth-order valence-electron chi connectivity index (χ4n) is 1.64. The fourth-order valence-corrected chi connectivity index (χ4v) is 1.85. The molecule has 0 saturated heterocycles. The van der Waals surface area contributed by atoms with Gasteiger partial charge in [0.25, 0.3) is 0 Å². The Kier molecular flexibility index (Phi) is 6.34. The fraction of sp³-hybridized carbons (Fsp3) is 0.143. The van der Waals surface area contributed by atoms with E-state index in [0.717, 1.165) is 10.4 Å². The predicted octanol–water partition coefficient (Wildman–Crippen LogP) is 1.36. The molecule has 0 aliphatic rings. The second kappa shape index (κ2) is 8.68. The number of hydrogen-bond donors (Lipinski definition) is 3. The van der Waals surface area contributed by atoms with E-state index in [9.17, 15) is 0 Å². The molecule has 0 spiro atoms. The molecule has 11 heteroatoms. The van der Waals surface area contributed by atoms with Crippen LogP contribution < -0.4 is 11.5 Å². The number of H-pyrrole nitrogens is 1. The van der Waals surface area contributed by atoms with Crippen molar-refractivity contribution in [3.05, 3.63) is 54.2 Å². The second-order valence-corrected chi connectivity index (χ2v) is 5.70. The third-order valence-corrected chi connectivity index (χ3v) is 3.68. The van der Waals surface area contributed by atoms with Gasteiger partial charge in [-0.15, -0.1) is 5.10 Å². The van der Waals surface area contributed by atoms with Crippen molar-refractivity contribution in [2.24, 2.45) is 14.1 Å². The topological polar surface area (TPSA) is 134 Å². The molecule has 0 aromatic carbocycles. The molecule has 0 aliphatic carbocycles. The quantitative estimate of drug-likeness (QED) is 0.436. The molecule has 0 aliphatic heterocycles. The first-order chi connectivity index (χ1) is 12.0. The van der Waals surface area contributed by atoms with Crippen LogP contribution in [0.1, 0.15) is 0 Å². The van der Waals surface area contributed by atoms with Crippen molar-refractivity contribution < 1.29 is 0 Å². The molecule has 0 bridgehead atoms. The maximum atomic E-state index is 5.47. The van der Waals surface area contributed by atoms with E-state index in [1.807, 2.05) is 23.2 Å². The number of nitrogens with one attached hydrogen (secondary N) is 1. The highest BCUT2D eigenvalue weighted by molar-refractivity contribution is 9.10. The molecule has 0 atom stereocenters. The van der Waals surface area contributed by atoms with Gasteiger partial charge in [0.2, 0.25) is 0 Å². The van der Waals surface area contributed by atoms with Crippen molar-refractivity contribution in [1.82, 2.24) is 39.1 Å². The predicted molar refractivity (Wildman–Crippen MR) is 98.7 cm³/mol. The Morgan fingerprint density at radius 2 is 1.76 bits per heavy atom. The number of nitrogens with two attached hydrogens (primary N) is 2. The van der Waals surface area contributed by atoms with Crippen molar-refractivity contribution >= 4 is 27.6 Å². The molecule has 10 nitrogen and oxygen atoms in total. The molecule has 0 radical (unpaired) electrons. The summed E-state index contributed by atoms with van der Waals surface area (Å²) in [6.45, 7) is 0. The summed E-state index contributed by atoms with van der Waals surface area (Å²) in [6.07, 6.45) is 10.3. The first-order valence-electron chi connectivity index (χ1n) is 7.12. The van der Waals surface area contributed by atoms with Gasteiger partial charge in [-0.05, 0) is 22.0 Å². The summed E-state index contributed by atoms with van der Waals surface area (Å²) in [6, 6.07) is 3.44. The number of imidazole rings is 2. The summed E-state index contributed by atoms with van der Waals surface area (Å²) in [4.78, 5) is 7.81. The van der Waals surface area contributed by atoms with Gasteiger partial charge in [-0.2, -0.15) is 5.10 Å². The van der Waals surface area contributed by atoms with E-state index in [4.69, 9.17) is 11.5 Å². The SMILES string of the molecule is Cn1cncc1-n1ccc(N)n1.Cn1cncc1Br.Nc1ccn[nH]1. The Bertz CT molecular complexity index is 857. The van der Waals surface area contributed by atoms with Gasteiger partial charge in [0.05, 0.1) is 31.2 Å². The Hall–Kier alpha value is -3.08. The minimum atomic E-state index is 0.510. The van der Waals surface area contributed by atoms with Gasteiger partial charge in [-0.25, -0.2) is 14.6 Å². The molecular weight excluding hydrogens is 388 g/mol. The molecular formula is C14H19BrN10. The van der Waals surface area contributed by atoms with Crippen molar-refractivity contribution in [3.8, 4) is 5.82 Å². The monoisotopic (exact) mass is 406 g/mol. The van der Waals surface area contributed by atoms with Gasteiger partial charge in [0.15, 0.2) is 5.82 Å². The van der Waals surface area contributed by atoms with Crippen molar-refractivity contribution in [1.29, 1.82) is 0 Å². The average Bonchev–Trinajstić information content (AvgIpc) is 3.35. The zero-order valence-corrected chi connectivity index (χ0v) is 15.4. The molecule has 0 unspecified atom stereocenters. The first kappa shape index (κ1) is 18.3. The van der Waals surface area contributed by atoms with E-state index in [0.29, 0.717) is 11.6 Å². The van der Waals surface area contributed by atoms with E-state index < -0.39 is 0 Å². The Morgan fingerprint density at radius 1 is 1.04 bits per heavy atom. The molecule has 4 aromatic heterocycles. The molecule has 4 aromatic rings. The zero-order valence-electron chi connectivity index (χ0n) is 13.8. The van der Waals surface area contributed by atoms with Crippen molar-refractivity contribution in [2.45, 2.75) is 0 Å². The van der Waals surface area contributed by atoms with Crippen LogP contribution in [0.4, 0.5) is 11.6 Å². The third kappa shape index (κ3) is 5.49. The minimum Gasteiger partial charge on any atom is -0.384 e. The lowest BCUT2D eigenvalue weighted by molar-refractivity contribution is 0.776. The average molecular weight is 407 g/mol. The van der Waals surface area contributed by atoms with E-state index in [2.05, 4.69) is 41.2 Å². The van der Waals surface area contributed by atoms with Crippen LogP contribution in [-0.4, -0.2) is 39.1 Å². The zero-order chi connectivity index (χ0) is 18.2. The summed E-state index contributed by atoms with van der Waals surface area (Å²) in [7, 11) is 3.83. The van der Waals surface area contributed by atoms with Crippen molar-refractivity contribution in [2.75, 3.05) is 11.5 Å². The van der Waals surface area contributed by atoms with Crippen LogP contribution in [0, 0.1) is 0 Å². The summed E-state index contributed by atoms with van der Waals surface area (Å²) >= 11 is 3.27. The normalized spacial score (nSPS) is 9.72. The number of aryl methyl sites for hydroxylation is 2. The number of nitrogen functional groups attached to an aromatic ring is 2. The molecule has 0 fully saturated rings. The molecule has 0 amide bonds. The van der Waals surface area contributed by atoms with Crippen molar-refractivity contribution in [3.63, 3.8) is 0 Å². The summed E-state index contributed by atoms with van der Waals surface area (Å²) < 4.78 is 6.45. The molecule has 0 saturated carbocycles. The molecule has 4 rings (SSSR count). The van der Waals surface area contributed by atoms with Crippen LogP contribution in [0.25, 0.3) is 5.82 Å². The molecule has 25 heavy (non-hydrogen) atoms. The van der Waals surface area contributed by atoms with Crippen LogP contribution in [0.2, 0.25) is 0 Å². The van der Waals surface area contributed by atoms with Gasteiger partial charge in [0, 0.05) is 26.4 Å². The highest BCUT2D eigenvalue weighted by Crippen LogP contribution is 2.05. The van der Waals surface area contributed by atoms with Crippen LogP contribution in [0.5, 0.6) is 0 Å². The second-order valence-electron chi connectivity index (χ2n) is 4.89. The summed E-state index contributed by atoms with van der Waals surface area (Å²) in [5.74, 6) is 2.01. The molecule has 132 valence electrons. The van der Waals surface area contributed by atoms with E-state index >= 15 is 0 Å². The number of anilines is 2. The van der Waals surface area contributed by atoms with Crippen LogP contribution >= 0.6 is 15.9 Å². The van der Waals surface area contributed by atoms with Gasteiger partial charge in [-0.3, -0.25) is 5.10 Å². The number of nitrogens with zero attached hydrogens (tertiary/aromatic N) is 7. The number of halogens is 1. The Labute approximate surface area is 152 Å². The minimum absolute atomic E-state index is 0.510. The smallest absolute Gasteiger partial charge is 0.153 e. The van der Waals surface area contributed by atoms with E-state index in [-0.39, 0.29) is 0 Å². The maximum absolute atomic E-state index is 5.47. The number of aromatic amines is 1. The lowest BCUT2D eigenvalue weighted by Gasteiger charge is -1.99. The standard InChI is InChI=1S/C7H9N5.C4H5BrN2.C3H5N3/c1-11-5-9-4-7(11)12-3-2-6(8)10-12;1-7-3-6-2-4(7)5;4-3-1-2-5-6-3/h2-5H,1H3,(H2,8,10);2-3H,1H3;1-2H,(H3,4,5,6). The summed E-state index contributed by atoms with van der Waals surface area (Å²) in [5, 5.41) is 10.1. The lowest BCUT2D eigenvalue weighted by Crippen LogP contribution is -2.01. The largest absolute Gasteiger partial charge is 0.384 e. The van der Waals surface area contributed by atoms with Gasteiger partial charge < -0.3 is 20.6 Å². The van der Waals surface area contributed by atoms with E-state index in [1.54, 1.807) is 54.3 Å². The van der Waals surface area contributed by atoms with Gasteiger partial charge in [-0.1, -0.05) is 0 Å². The Balaban J connectivity index is 0.000000148. The highest BCUT2D eigenvalue weighted by atomic mass is 79.9. The lowest BCUT2D eigenvalue weighted by atomic mass is 10.6. The molecule has 4 heterocycles. The highest BCUT2D eigenvalue weighted by Gasteiger charge is 2.01. The van der Waals surface area contributed by atoms with Crippen LogP contribution in [-0.2, 0) is 14.1 Å². The molecule has 5 N–H and O–H groups in total. The summed E-state index contributed by atoms with van der Waals surface area (Å²) in [5.41, 5.74) is 10.6. The number of rotatable bonds is 1.